The lowest BCUT2D eigenvalue weighted by Crippen LogP contribution is -2.03. The van der Waals surface area contributed by atoms with Gasteiger partial charge in [0.2, 0.25) is 0 Å². The highest BCUT2D eigenvalue weighted by Gasteiger charge is 2.03. The van der Waals surface area contributed by atoms with Gasteiger partial charge in [0, 0.05) is 10.1 Å². The molecule has 0 heterocycles. The Bertz CT molecular complexity index is 325. The summed E-state index contributed by atoms with van der Waals surface area (Å²) in [5, 5.41) is 8.56. The zero-order valence-electron chi connectivity index (χ0n) is 6.96. The van der Waals surface area contributed by atoms with Gasteiger partial charge in [0.25, 0.3) is 0 Å². The third-order valence-corrected chi connectivity index (χ3v) is 2.70. The number of benzene rings is 1. The van der Waals surface area contributed by atoms with E-state index in [0.717, 1.165) is 14.7 Å². The fourth-order valence-electron chi connectivity index (χ4n) is 1.04. The number of nitrogens with two attached hydrogens (primary N) is 1. The second kappa shape index (κ2) is 4.57. The lowest BCUT2D eigenvalue weighted by atomic mass is 10.1. The van der Waals surface area contributed by atoms with E-state index in [4.69, 9.17) is 10.8 Å². The van der Waals surface area contributed by atoms with Crippen molar-refractivity contribution in [1.29, 1.82) is 0 Å². The number of carboxylic acid groups (broad SMARTS) is 1. The normalized spacial score (nSPS) is 10.0. The van der Waals surface area contributed by atoms with Gasteiger partial charge in [0.05, 0.1) is 6.42 Å². The van der Waals surface area contributed by atoms with Crippen LogP contribution in [0.3, 0.4) is 0 Å². The van der Waals surface area contributed by atoms with Crippen LogP contribution in [-0.4, -0.2) is 11.1 Å². The SMILES string of the molecule is NCc1ccc(CC(=O)O)cc1I. The molecule has 1 aromatic rings. The van der Waals surface area contributed by atoms with Gasteiger partial charge in [-0.25, -0.2) is 0 Å². The molecule has 0 fully saturated rings. The van der Waals surface area contributed by atoms with Crippen molar-refractivity contribution < 1.29 is 9.90 Å². The van der Waals surface area contributed by atoms with E-state index in [1.807, 2.05) is 12.1 Å². The summed E-state index contributed by atoms with van der Waals surface area (Å²) in [6.07, 6.45) is 0.0703. The minimum Gasteiger partial charge on any atom is -0.481 e. The highest BCUT2D eigenvalue weighted by molar-refractivity contribution is 14.1. The van der Waals surface area contributed by atoms with Gasteiger partial charge >= 0.3 is 5.97 Å². The van der Waals surface area contributed by atoms with Gasteiger partial charge in [-0.3, -0.25) is 4.79 Å². The predicted molar refractivity (Wildman–Crippen MR) is 58.4 cm³/mol. The van der Waals surface area contributed by atoms with E-state index in [1.165, 1.54) is 0 Å². The third-order valence-electron chi connectivity index (χ3n) is 1.69. The van der Waals surface area contributed by atoms with Crippen LogP contribution in [-0.2, 0) is 17.8 Å². The van der Waals surface area contributed by atoms with Crippen molar-refractivity contribution in [3.8, 4) is 0 Å². The van der Waals surface area contributed by atoms with Crippen molar-refractivity contribution in [3.05, 3.63) is 32.9 Å². The molecule has 70 valence electrons. The summed E-state index contributed by atoms with van der Waals surface area (Å²) in [6, 6.07) is 5.54. The van der Waals surface area contributed by atoms with E-state index < -0.39 is 5.97 Å². The minimum atomic E-state index is -0.809. The Hall–Kier alpha value is -0.620. The number of hydrogen-bond donors (Lipinski definition) is 2. The number of hydrogen-bond acceptors (Lipinski definition) is 2. The van der Waals surface area contributed by atoms with Gasteiger partial charge in [-0.1, -0.05) is 12.1 Å². The lowest BCUT2D eigenvalue weighted by molar-refractivity contribution is -0.136. The molecule has 3 nitrogen and oxygen atoms in total. The van der Waals surface area contributed by atoms with Crippen LogP contribution in [0.15, 0.2) is 18.2 Å². The zero-order chi connectivity index (χ0) is 9.84. The zero-order valence-corrected chi connectivity index (χ0v) is 9.11. The predicted octanol–water partition coefficient (Wildman–Crippen LogP) is 1.38. The summed E-state index contributed by atoms with van der Waals surface area (Å²) in [4.78, 5) is 10.4. The number of carboxylic acids is 1. The quantitative estimate of drug-likeness (QED) is 0.827. The average molecular weight is 291 g/mol. The monoisotopic (exact) mass is 291 g/mol. The van der Waals surface area contributed by atoms with E-state index in [9.17, 15) is 4.79 Å². The van der Waals surface area contributed by atoms with Crippen molar-refractivity contribution in [2.24, 2.45) is 5.73 Å². The largest absolute Gasteiger partial charge is 0.481 e. The smallest absolute Gasteiger partial charge is 0.307 e. The van der Waals surface area contributed by atoms with Crippen LogP contribution in [0, 0.1) is 3.57 Å². The van der Waals surface area contributed by atoms with Crippen molar-refractivity contribution in [2.45, 2.75) is 13.0 Å². The maximum atomic E-state index is 10.4. The molecule has 0 saturated carbocycles. The molecular weight excluding hydrogens is 281 g/mol. The van der Waals surface area contributed by atoms with Crippen LogP contribution in [0.25, 0.3) is 0 Å². The van der Waals surface area contributed by atoms with Crippen LogP contribution in [0.1, 0.15) is 11.1 Å². The van der Waals surface area contributed by atoms with E-state index in [-0.39, 0.29) is 6.42 Å². The minimum absolute atomic E-state index is 0.0703. The van der Waals surface area contributed by atoms with Crippen LogP contribution in [0.2, 0.25) is 0 Å². The van der Waals surface area contributed by atoms with Crippen LogP contribution >= 0.6 is 22.6 Å². The first-order chi connectivity index (χ1) is 6.13. The molecule has 0 bridgehead atoms. The molecule has 13 heavy (non-hydrogen) atoms. The van der Waals surface area contributed by atoms with Gasteiger partial charge in [-0.15, -0.1) is 0 Å². The summed E-state index contributed by atoms with van der Waals surface area (Å²) >= 11 is 2.16. The summed E-state index contributed by atoms with van der Waals surface area (Å²) in [6.45, 7) is 0.492. The molecule has 0 aliphatic rings. The Labute approximate surface area is 90.1 Å². The summed E-state index contributed by atoms with van der Waals surface area (Å²) in [5.41, 5.74) is 7.35. The molecule has 3 N–H and O–H groups in total. The molecule has 0 aliphatic heterocycles. The molecule has 0 aliphatic carbocycles. The van der Waals surface area contributed by atoms with E-state index in [2.05, 4.69) is 22.6 Å². The van der Waals surface area contributed by atoms with Gasteiger partial charge in [-0.05, 0) is 39.8 Å². The maximum absolute atomic E-state index is 10.4. The molecule has 0 spiro atoms. The molecule has 4 heteroatoms. The molecule has 1 rings (SSSR count). The molecule has 0 unspecified atom stereocenters. The number of rotatable bonds is 3. The Morgan fingerprint density at radius 2 is 2.23 bits per heavy atom. The van der Waals surface area contributed by atoms with Crippen molar-refractivity contribution in [2.75, 3.05) is 0 Å². The Balaban J connectivity index is 2.89. The van der Waals surface area contributed by atoms with Crippen molar-refractivity contribution in [3.63, 3.8) is 0 Å². The van der Waals surface area contributed by atoms with Crippen LogP contribution in [0.5, 0.6) is 0 Å². The molecule has 0 aromatic heterocycles. The van der Waals surface area contributed by atoms with Gasteiger partial charge in [0.15, 0.2) is 0 Å². The fourth-order valence-corrected chi connectivity index (χ4v) is 1.84. The number of carbonyl (C=O) groups is 1. The first kappa shape index (κ1) is 10.5. The summed E-state index contributed by atoms with van der Waals surface area (Å²) in [7, 11) is 0. The van der Waals surface area contributed by atoms with E-state index >= 15 is 0 Å². The first-order valence-electron chi connectivity index (χ1n) is 3.82. The van der Waals surface area contributed by atoms with Gasteiger partial charge in [-0.2, -0.15) is 0 Å². The molecule has 1 aromatic carbocycles. The fraction of sp³-hybridized carbons (Fsp3) is 0.222. The van der Waals surface area contributed by atoms with Gasteiger partial charge in [0.1, 0.15) is 0 Å². The average Bonchev–Trinajstić information content (AvgIpc) is 2.03. The molecule has 0 atom stereocenters. The second-order valence-electron chi connectivity index (χ2n) is 2.70. The number of aliphatic carboxylic acids is 1. The molecular formula is C9H10INO2. The van der Waals surface area contributed by atoms with Crippen LogP contribution < -0.4 is 5.73 Å². The van der Waals surface area contributed by atoms with E-state index in [0.29, 0.717) is 6.54 Å². The Morgan fingerprint density at radius 3 is 2.69 bits per heavy atom. The summed E-state index contributed by atoms with van der Waals surface area (Å²) < 4.78 is 1.03. The molecule has 0 saturated heterocycles. The second-order valence-corrected chi connectivity index (χ2v) is 3.86. The third kappa shape index (κ3) is 2.96. The Kier molecular flexibility index (Phi) is 3.68. The first-order valence-corrected chi connectivity index (χ1v) is 4.90. The molecule has 0 amide bonds. The highest BCUT2D eigenvalue weighted by atomic mass is 127. The van der Waals surface area contributed by atoms with E-state index in [1.54, 1.807) is 6.07 Å². The van der Waals surface area contributed by atoms with Crippen molar-refractivity contribution in [1.82, 2.24) is 0 Å². The van der Waals surface area contributed by atoms with Gasteiger partial charge < -0.3 is 10.8 Å². The number of halogens is 1. The maximum Gasteiger partial charge on any atom is 0.307 e. The van der Waals surface area contributed by atoms with Crippen molar-refractivity contribution >= 4 is 28.6 Å². The Morgan fingerprint density at radius 1 is 1.54 bits per heavy atom. The summed E-state index contributed by atoms with van der Waals surface area (Å²) in [5.74, 6) is -0.809. The topological polar surface area (TPSA) is 63.3 Å². The van der Waals surface area contributed by atoms with Crippen LogP contribution in [0.4, 0.5) is 0 Å². The lowest BCUT2D eigenvalue weighted by Gasteiger charge is -2.03. The molecule has 0 radical (unpaired) electrons. The standard InChI is InChI=1S/C9H10INO2/c10-8-3-6(4-9(12)13)1-2-7(8)5-11/h1-3H,4-5,11H2,(H,12,13). The highest BCUT2D eigenvalue weighted by Crippen LogP contribution is 2.14.